The highest BCUT2D eigenvalue weighted by atomic mass is 16.6. The molecular weight excluding hydrogens is 256 g/mol. The van der Waals surface area contributed by atoms with E-state index in [2.05, 4.69) is 14.9 Å². The molecule has 2 heterocycles. The number of hydrogen-bond acceptors (Lipinski definition) is 5. The molecule has 0 radical (unpaired) electrons. The van der Waals surface area contributed by atoms with Crippen LogP contribution < -0.4 is 4.90 Å². The molecule has 0 N–H and O–H groups in total. The maximum absolute atomic E-state index is 11.9. The predicted octanol–water partition coefficient (Wildman–Crippen LogP) is 1.70. The summed E-state index contributed by atoms with van der Waals surface area (Å²) in [6, 6.07) is 0. The number of aromatic nitrogens is 2. The molecule has 6 nitrogen and oxygen atoms in total. The Morgan fingerprint density at radius 3 is 2.60 bits per heavy atom. The Balaban J connectivity index is 1.84. The summed E-state index contributed by atoms with van der Waals surface area (Å²) in [5.41, 5.74) is 0.904. The molecule has 110 valence electrons. The van der Waals surface area contributed by atoms with Crippen molar-refractivity contribution < 1.29 is 9.53 Å². The fraction of sp³-hybridized carbons (Fsp3) is 0.643. The van der Waals surface area contributed by atoms with Crippen molar-refractivity contribution in [1.82, 2.24) is 14.9 Å². The van der Waals surface area contributed by atoms with Gasteiger partial charge in [-0.15, -0.1) is 0 Å². The molecule has 0 bridgehead atoms. The predicted molar refractivity (Wildman–Crippen MR) is 76.7 cm³/mol. The minimum atomic E-state index is -0.214. The zero-order valence-corrected chi connectivity index (χ0v) is 12.4. The highest BCUT2D eigenvalue weighted by molar-refractivity contribution is 5.68. The Morgan fingerprint density at radius 2 is 2.00 bits per heavy atom. The molecule has 1 aliphatic rings. The zero-order chi connectivity index (χ0) is 14.5. The van der Waals surface area contributed by atoms with Gasteiger partial charge in [-0.05, 0) is 12.8 Å². The molecule has 0 atom stereocenters. The summed E-state index contributed by atoms with van der Waals surface area (Å²) in [5, 5.41) is 0. The van der Waals surface area contributed by atoms with E-state index < -0.39 is 0 Å². The van der Waals surface area contributed by atoms with E-state index in [4.69, 9.17) is 4.74 Å². The lowest BCUT2D eigenvalue weighted by atomic mass is 10.2. The minimum Gasteiger partial charge on any atom is -0.449 e. The fourth-order valence-corrected chi connectivity index (χ4v) is 2.05. The number of nitrogens with zero attached hydrogens (tertiary/aromatic N) is 4. The van der Waals surface area contributed by atoms with Crippen LogP contribution >= 0.6 is 0 Å². The van der Waals surface area contributed by atoms with Crippen LogP contribution in [0.4, 0.5) is 10.6 Å². The molecule has 1 amide bonds. The lowest BCUT2D eigenvalue weighted by molar-refractivity contribution is 0.0901. The lowest BCUT2D eigenvalue weighted by Crippen LogP contribution is -2.49. The number of anilines is 1. The average molecular weight is 278 g/mol. The first-order valence-corrected chi connectivity index (χ1v) is 7.01. The maximum atomic E-state index is 11.9. The lowest BCUT2D eigenvalue weighted by Gasteiger charge is -2.34. The molecule has 0 unspecified atom stereocenters. The summed E-state index contributed by atoms with van der Waals surface area (Å²) in [4.78, 5) is 24.4. The van der Waals surface area contributed by atoms with E-state index in [1.807, 2.05) is 20.8 Å². The van der Waals surface area contributed by atoms with Gasteiger partial charge in [0.05, 0.1) is 18.5 Å². The molecule has 0 saturated carbocycles. The van der Waals surface area contributed by atoms with Gasteiger partial charge in [0.15, 0.2) is 0 Å². The topological polar surface area (TPSA) is 58.6 Å². The van der Waals surface area contributed by atoms with Gasteiger partial charge in [0.25, 0.3) is 0 Å². The SMILES string of the molecule is Cc1cncc(N2CCN(C(=O)OCC(C)C)CC2)n1. The second-order valence-corrected chi connectivity index (χ2v) is 5.46. The summed E-state index contributed by atoms with van der Waals surface area (Å²) in [7, 11) is 0. The zero-order valence-electron chi connectivity index (χ0n) is 12.4. The Labute approximate surface area is 119 Å². The van der Waals surface area contributed by atoms with Gasteiger partial charge in [-0.25, -0.2) is 9.78 Å². The molecule has 20 heavy (non-hydrogen) atoms. The van der Waals surface area contributed by atoms with Crippen molar-refractivity contribution in [3.63, 3.8) is 0 Å². The molecule has 1 aromatic rings. The van der Waals surface area contributed by atoms with Crippen LogP contribution in [0.25, 0.3) is 0 Å². The highest BCUT2D eigenvalue weighted by Crippen LogP contribution is 2.13. The smallest absolute Gasteiger partial charge is 0.409 e. The summed E-state index contributed by atoms with van der Waals surface area (Å²) in [5.74, 6) is 1.24. The van der Waals surface area contributed by atoms with Gasteiger partial charge in [0, 0.05) is 32.4 Å². The molecule has 2 rings (SSSR count). The summed E-state index contributed by atoms with van der Waals surface area (Å²) >= 11 is 0. The van der Waals surface area contributed by atoms with E-state index in [1.54, 1.807) is 17.3 Å². The van der Waals surface area contributed by atoms with Crippen molar-refractivity contribution in [1.29, 1.82) is 0 Å². The molecule has 0 aromatic carbocycles. The largest absolute Gasteiger partial charge is 0.449 e. The van der Waals surface area contributed by atoms with E-state index in [9.17, 15) is 4.79 Å². The quantitative estimate of drug-likeness (QED) is 0.842. The summed E-state index contributed by atoms with van der Waals surface area (Å²) in [6.07, 6.45) is 3.29. The van der Waals surface area contributed by atoms with E-state index in [-0.39, 0.29) is 6.09 Å². The molecule has 1 aromatic heterocycles. The highest BCUT2D eigenvalue weighted by Gasteiger charge is 2.23. The van der Waals surface area contributed by atoms with Crippen LogP contribution in [-0.4, -0.2) is 53.7 Å². The van der Waals surface area contributed by atoms with E-state index in [1.165, 1.54) is 0 Å². The number of carbonyl (C=O) groups excluding carboxylic acids is 1. The summed E-state index contributed by atoms with van der Waals surface area (Å²) < 4.78 is 5.24. The number of piperazine rings is 1. The van der Waals surface area contributed by atoms with Crippen LogP contribution in [0, 0.1) is 12.8 Å². The maximum Gasteiger partial charge on any atom is 0.409 e. The van der Waals surface area contributed by atoms with Crippen LogP contribution in [0.5, 0.6) is 0 Å². The molecule has 0 spiro atoms. The Bertz CT molecular complexity index is 456. The number of ether oxygens (including phenoxy) is 1. The van der Waals surface area contributed by atoms with Gasteiger partial charge in [-0.2, -0.15) is 0 Å². The van der Waals surface area contributed by atoms with Gasteiger partial charge in [0.2, 0.25) is 0 Å². The molecule has 1 fully saturated rings. The van der Waals surface area contributed by atoms with Gasteiger partial charge in [0.1, 0.15) is 5.82 Å². The monoisotopic (exact) mass is 278 g/mol. The summed E-state index contributed by atoms with van der Waals surface area (Å²) in [6.45, 7) is 9.30. The van der Waals surface area contributed by atoms with Crippen LogP contribution in [0.2, 0.25) is 0 Å². The fourth-order valence-electron chi connectivity index (χ4n) is 2.05. The van der Waals surface area contributed by atoms with Crippen molar-refractivity contribution in [3.8, 4) is 0 Å². The molecule has 1 aliphatic heterocycles. The third-order valence-electron chi connectivity index (χ3n) is 3.14. The Hall–Kier alpha value is -1.85. The number of rotatable bonds is 3. The minimum absolute atomic E-state index is 0.214. The normalized spacial score (nSPS) is 15.6. The van der Waals surface area contributed by atoms with E-state index in [0.29, 0.717) is 25.6 Å². The average Bonchev–Trinajstić information content (AvgIpc) is 2.45. The molecule has 6 heteroatoms. The van der Waals surface area contributed by atoms with E-state index >= 15 is 0 Å². The second kappa shape index (κ2) is 6.54. The standard InChI is InChI=1S/C14H22N4O2/c1-11(2)10-20-14(19)18-6-4-17(5-7-18)13-9-15-8-12(3)16-13/h8-9,11H,4-7,10H2,1-3H3. The number of aryl methyl sites for hydroxylation is 1. The van der Waals surface area contributed by atoms with Crippen molar-refractivity contribution in [3.05, 3.63) is 18.1 Å². The number of hydrogen-bond donors (Lipinski definition) is 0. The second-order valence-electron chi connectivity index (χ2n) is 5.46. The molecule has 0 aliphatic carbocycles. The third kappa shape index (κ3) is 3.82. The first-order valence-electron chi connectivity index (χ1n) is 7.01. The van der Waals surface area contributed by atoms with Gasteiger partial charge >= 0.3 is 6.09 Å². The van der Waals surface area contributed by atoms with Gasteiger partial charge in [-0.1, -0.05) is 13.8 Å². The van der Waals surface area contributed by atoms with Gasteiger partial charge in [-0.3, -0.25) is 4.98 Å². The van der Waals surface area contributed by atoms with Crippen molar-refractivity contribution >= 4 is 11.9 Å². The Kier molecular flexibility index (Phi) is 4.76. The number of amides is 1. The number of carbonyl (C=O) groups is 1. The van der Waals surface area contributed by atoms with Crippen molar-refractivity contribution in [2.75, 3.05) is 37.7 Å². The van der Waals surface area contributed by atoms with Crippen LogP contribution in [-0.2, 0) is 4.74 Å². The first kappa shape index (κ1) is 14.6. The van der Waals surface area contributed by atoms with Crippen molar-refractivity contribution in [2.45, 2.75) is 20.8 Å². The Morgan fingerprint density at radius 1 is 1.30 bits per heavy atom. The van der Waals surface area contributed by atoms with Gasteiger partial charge < -0.3 is 14.5 Å². The van der Waals surface area contributed by atoms with E-state index in [0.717, 1.165) is 24.6 Å². The van der Waals surface area contributed by atoms with Crippen LogP contribution in [0.3, 0.4) is 0 Å². The molecular formula is C14H22N4O2. The third-order valence-corrected chi connectivity index (χ3v) is 3.14. The molecule has 1 saturated heterocycles. The first-order chi connectivity index (χ1) is 9.56. The van der Waals surface area contributed by atoms with Crippen LogP contribution in [0.1, 0.15) is 19.5 Å². The van der Waals surface area contributed by atoms with Crippen LogP contribution in [0.15, 0.2) is 12.4 Å². The van der Waals surface area contributed by atoms with Crippen molar-refractivity contribution in [2.24, 2.45) is 5.92 Å².